The number of sulfone groups is 1. The van der Waals surface area contributed by atoms with Gasteiger partial charge in [-0.1, -0.05) is 12.1 Å². The molecule has 2 aromatic rings. The van der Waals surface area contributed by atoms with Crippen molar-refractivity contribution < 1.29 is 27.3 Å². The minimum atomic E-state index is -3.38. The summed E-state index contributed by atoms with van der Waals surface area (Å²) in [6.45, 7) is 1.45. The fraction of sp³-hybridized carbons (Fsp3) is 0.227. The second-order valence-electron chi connectivity index (χ2n) is 7.68. The summed E-state index contributed by atoms with van der Waals surface area (Å²) in [5, 5.41) is 20.8. The minimum absolute atomic E-state index is 0.0129. The van der Waals surface area contributed by atoms with Crippen LogP contribution in [0.3, 0.4) is 0 Å². The van der Waals surface area contributed by atoms with Crippen molar-refractivity contribution in [2.45, 2.75) is 19.4 Å². The van der Waals surface area contributed by atoms with Crippen LogP contribution in [0.1, 0.15) is 19.1 Å². The Morgan fingerprint density at radius 1 is 1.21 bits per heavy atom. The van der Waals surface area contributed by atoms with E-state index in [0.29, 0.717) is 0 Å². The maximum absolute atomic E-state index is 13.2. The number of nitriles is 1. The largest absolute Gasteiger partial charge is 0.456 e. The van der Waals surface area contributed by atoms with Crippen molar-refractivity contribution in [2.75, 3.05) is 11.5 Å². The summed E-state index contributed by atoms with van der Waals surface area (Å²) >= 11 is 0. The Labute approximate surface area is 188 Å². The molecule has 33 heavy (non-hydrogen) atoms. The number of hydrogen-bond donors (Lipinski definition) is 0. The van der Waals surface area contributed by atoms with Crippen LogP contribution in [-0.4, -0.2) is 47.6 Å². The number of carbonyl (C=O) groups excluding carboxylic acids is 2. The number of hydrogen-bond acceptors (Lipinski definition) is 8. The normalized spacial score (nSPS) is 21.5. The van der Waals surface area contributed by atoms with E-state index in [1.54, 1.807) is 12.1 Å². The van der Waals surface area contributed by atoms with Crippen LogP contribution < -0.4 is 0 Å². The van der Waals surface area contributed by atoms with Crippen molar-refractivity contribution in [1.29, 1.82) is 5.26 Å². The standard InChI is InChI=1S/C22H17N3O7S/c1-13-17(10-15-6-7-20(32-15)16-4-2-3-5-19(16)25(28)29)21(26)24(22(27)18(13)11-23)14-8-9-33(30,31)12-14/h2-7,10,14H,8-9,12H2,1H3/b17-10+. The van der Waals surface area contributed by atoms with Crippen LogP contribution in [-0.2, 0) is 19.4 Å². The van der Waals surface area contributed by atoms with Crippen LogP contribution in [0.2, 0.25) is 0 Å². The lowest BCUT2D eigenvalue weighted by molar-refractivity contribution is -0.384. The number of para-hydroxylation sites is 1. The molecule has 4 rings (SSSR count). The smallest absolute Gasteiger partial charge is 0.280 e. The number of rotatable bonds is 4. The topological polar surface area (TPSA) is 152 Å². The number of nitro benzene ring substituents is 1. The second-order valence-corrected chi connectivity index (χ2v) is 9.91. The van der Waals surface area contributed by atoms with Gasteiger partial charge in [-0.25, -0.2) is 8.42 Å². The summed E-state index contributed by atoms with van der Waals surface area (Å²) in [5.41, 5.74) is 0.00435. The predicted molar refractivity (Wildman–Crippen MR) is 116 cm³/mol. The Balaban J connectivity index is 1.76. The molecular formula is C22H17N3O7S. The zero-order valence-corrected chi connectivity index (χ0v) is 18.2. The molecule has 0 N–H and O–H groups in total. The Bertz CT molecular complexity index is 1410. The van der Waals surface area contributed by atoms with Gasteiger partial charge in [0.05, 0.1) is 28.0 Å². The average Bonchev–Trinajstić information content (AvgIpc) is 3.37. The Morgan fingerprint density at radius 2 is 1.94 bits per heavy atom. The number of furan rings is 1. The predicted octanol–water partition coefficient (Wildman–Crippen LogP) is 2.63. The zero-order chi connectivity index (χ0) is 23.9. The molecule has 0 radical (unpaired) electrons. The highest BCUT2D eigenvalue weighted by atomic mass is 32.2. The summed E-state index contributed by atoms with van der Waals surface area (Å²) in [6.07, 6.45) is 1.45. The third-order valence-electron chi connectivity index (χ3n) is 5.63. The Kier molecular flexibility index (Phi) is 5.47. The summed E-state index contributed by atoms with van der Waals surface area (Å²) in [4.78, 5) is 37.6. The van der Waals surface area contributed by atoms with Crippen molar-refractivity contribution in [3.05, 3.63) is 69.0 Å². The molecule has 0 aliphatic carbocycles. The Morgan fingerprint density at radius 3 is 2.58 bits per heavy atom. The average molecular weight is 467 g/mol. The van der Waals surface area contributed by atoms with E-state index in [2.05, 4.69) is 0 Å². The molecule has 11 heteroatoms. The van der Waals surface area contributed by atoms with Gasteiger partial charge in [-0.2, -0.15) is 5.26 Å². The third kappa shape index (κ3) is 3.96. The van der Waals surface area contributed by atoms with Gasteiger partial charge in [0.2, 0.25) is 0 Å². The van der Waals surface area contributed by atoms with E-state index in [9.17, 15) is 33.4 Å². The maximum atomic E-state index is 13.2. The van der Waals surface area contributed by atoms with Gasteiger partial charge >= 0.3 is 0 Å². The zero-order valence-electron chi connectivity index (χ0n) is 17.3. The van der Waals surface area contributed by atoms with Crippen LogP contribution >= 0.6 is 0 Å². The van der Waals surface area contributed by atoms with Crippen LogP contribution in [0.4, 0.5) is 5.69 Å². The first kappa shape index (κ1) is 22.2. The molecule has 3 heterocycles. The summed E-state index contributed by atoms with van der Waals surface area (Å²) < 4.78 is 29.5. The van der Waals surface area contributed by atoms with Crippen LogP contribution in [0.25, 0.3) is 17.4 Å². The van der Waals surface area contributed by atoms with Gasteiger partial charge in [-0.05, 0) is 43.2 Å². The highest BCUT2D eigenvalue weighted by Crippen LogP contribution is 2.34. The molecule has 1 atom stereocenters. The van der Waals surface area contributed by atoms with E-state index in [1.807, 2.05) is 0 Å². The summed E-state index contributed by atoms with van der Waals surface area (Å²) in [7, 11) is -3.38. The van der Waals surface area contributed by atoms with E-state index < -0.39 is 32.6 Å². The van der Waals surface area contributed by atoms with Gasteiger partial charge in [-0.3, -0.25) is 24.6 Å². The lowest BCUT2D eigenvalue weighted by Gasteiger charge is -2.31. The molecule has 1 unspecified atom stereocenters. The first-order chi connectivity index (χ1) is 15.6. The van der Waals surface area contributed by atoms with Crippen molar-refractivity contribution in [1.82, 2.24) is 4.90 Å². The first-order valence-electron chi connectivity index (χ1n) is 9.88. The molecule has 1 saturated heterocycles. The van der Waals surface area contributed by atoms with E-state index in [0.717, 1.165) is 4.90 Å². The fourth-order valence-electron chi connectivity index (χ4n) is 3.97. The lowest BCUT2D eigenvalue weighted by atomic mass is 9.93. The number of amides is 2. The number of carbonyl (C=O) groups is 2. The van der Waals surface area contributed by atoms with Gasteiger partial charge in [0.1, 0.15) is 23.2 Å². The molecular weight excluding hydrogens is 450 g/mol. The molecule has 1 aromatic heterocycles. The van der Waals surface area contributed by atoms with Crippen molar-refractivity contribution >= 4 is 33.4 Å². The van der Waals surface area contributed by atoms with Gasteiger partial charge in [0.25, 0.3) is 17.5 Å². The summed E-state index contributed by atoms with van der Waals surface area (Å²) in [6, 6.07) is 9.99. The molecule has 0 spiro atoms. The molecule has 1 aromatic carbocycles. The second kappa shape index (κ2) is 8.14. The van der Waals surface area contributed by atoms with E-state index in [1.165, 1.54) is 43.3 Å². The lowest BCUT2D eigenvalue weighted by Crippen LogP contribution is -2.49. The molecule has 2 aliphatic rings. The fourth-order valence-corrected chi connectivity index (χ4v) is 5.67. The highest BCUT2D eigenvalue weighted by molar-refractivity contribution is 7.91. The van der Waals surface area contributed by atoms with Gasteiger partial charge in [0.15, 0.2) is 9.84 Å². The molecule has 0 bridgehead atoms. The SMILES string of the molecule is CC1=C(C#N)C(=O)N(C2CCS(=O)(=O)C2)C(=O)/C1=C/c1ccc(-c2ccccc2[N+](=O)[O-])o1. The van der Waals surface area contributed by atoms with Crippen LogP contribution in [0, 0.1) is 21.4 Å². The van der Waals surface area contributed by atoms with E-state index >= 15 is 0 Å². The number of nitrogens with zero attached hydrogens (tertiary/aromatic N) is 3. The maximum Gasteiger partial charge on any atom is 0.280 e. The minimum Gasteiger partial charge on any atom is -0.456 e. The molecule has 1 fully saturated rings. The number of imide groups is 1. The molecule has 168 valence electrons. The highest BCUT2D eigenvalue weighted by Gasteiger charge is 2.43. The van der Waals surface area contributed by atoms with Crippen LogP contribution in [0.15, 0.2) is 57.5 Å². The monoisotopic (exact) mass is 467 g/mol. The number of benzene rings is 1. The van der Waals surface area contributed by atoms with Gasteiger partial charge < -0.3 is 4.42 Å². The van der Waals surface area contributed by atoms with Crippen molar-refractivity contribution in [3.63, 3.8) is 0 Å². The number of nitro groups is 1. The molecule has 0 saturated carbocycles. The molecule has 2 amide bonds. The van der Waals surface area contributed by atoms with Crippen molar-refractivity contribution in [2.24, 2.45) is 0 Å². The third-order valence-corrected chi connectivity index (χ3v) is 7.38. The molecule has 2 aliphatic heterocycles. The van der Waals surface area contributed by atoms with Gasteiger partial charge in [0, 0.05) is 11.6 Å². The van der Waals surface area contributed by atoms with Crippen molar-refractivity contribution in [3.8, 4) is 17.4 Å². The van der Waals surface area contributed by atoms with Crippen LogP contribution in [0.5, 0.6) is 0 Å². The summed E-state index contributed by atoms with van der Waals surface area (Å²) in [5.74, 6) is -1.65. The quantitative estimate of drug-likeness (QED) is 0.288. The molecule has 10 nitrogen and oxygen atoms in total. The van der Waals surface area contributed by atoms with E-state index in [4.69, 9.17) is 4.42 Å². The Hall–Kier alpha value is -4.04. The van der Waals surface area contributed by atoms with E-state index in [-0.39, 0.29) is 57.4 Å². The van der Waals surface area contributed by atoms with Gasteiger partial charge in [-0.15, -0.1) is 0 Å². The first-order valence-corrected chi connectivity index (χ1v) is 11.7.